The largest absolute Gasteiger partial charge is 0.508 e. The van der Waals surface area contributed by atoms with Gasteiger partial charge in [0.15, 0.2) is 0 Å². The fraction of sp³-hybridized carbons (Fsp3) is 0.235. The summed E-state index contributed by atoms with van der Waals surface area (Å²) in [6.45, 7) is 0. The lowest BCUT2D eigenvalue weighted by Crippen LogP contribution is -2.09. The minimum atomic E-state index is -0.395. The van der Waals surface area contributed by atoms with Crippen molar-refractivity contribution in [2.24, 2.45) is 0 Å². The molecule has 0 unspecified atom stereocenters. The predicted molar refractivity (Wildman–Crippen MR) is 79.8 cm³/mol. The highest BCUT2D eigenvalue weighted by Gasteiger charge is 2.17. The third kappa shape index (κ3) is 3.54. The minimum absolute atomic E-state index is 0.246. The molecule has 0 saturated heterocycles. The van der Waals surface area contributed by atoms with Crippen LogP contribution in [0.5, 0.6) is 11.5 Å². The summed E-state index contributed by atoms with van der Waals surface area (Å²) in [5.74, 6) is 0.369. The van der Waals surface area contributed by atoms with Gasteiger partial charge in [-0.25, -0.2) is 4.79 Å². The summed E-state index contributed by atoms with van der Waals surface area (Å²) in [6, 6.07) is 12.5. The fourth-order valence-electron chi connectivity index (χ4n) is 2.23. The first-order valence-corrected chi connectivity index (χ1v) is 6.67. The topological polar surface area (TPSA) is 55.8 Å². The molecule has 110 valence electrons. The van der Waals surface area contributed by atoms with E-state index in [-0.39, 0.29) is 5.75 Å². The van der Waals surface area contributed by atoms with E-state index in [1.165, 1.54) is 14.2 Å². The van der Waals surface area contributed by atoms with Gasteiger partial charge < -0.3 is 14.6 Å². The highest BCUT2D eigenvalue weighted by Crippen LogP contribution is 2.24. The second-order valence-corrected chi connectivity index (χ2v) is 4.65. The first kappa shape index (κ1) is 14.9. The fourth-order valence-corrected chi connectivity index (χ4v) is 2.23. The van der Waals surface area contributed by atoms with Crippen LogP contribution in [-0.4, -0.2) is 25.3 Å². The number of phenolic OH excluding ortho intramolecular Hbond substituents is 1. The number of hydrogen-bond acceptors (Lipinski definition) is 4. The molecule has 0 aliphatic heterocycles. The van der Waals surface area contributed by atoms with E-state index in [1.54, 1.807) is 18.2 Å². The number of aromatic hydroxyl groups is 1. The molecular formula is C17H18O4. The number of phenols is 1. The second kappa shape index (κ2) is 6.79. The Morgan fingerprint density at radius 2 is 1.76 bits per heavy atom. The van der Waals surface area contributed by atoms with E-state index < -0.39 is 5.97 Å². The first-order valence-electron chi connectivity index (χ1n) is 6.67. The zero-order valence-electron chi connectivity index (χ0n) is 12.1. The van der Waals surface area contributed by atoms with Crippen molar-refractivity contribution in [1.29, 1.82) is 0 Å². The highest BCUT2D eigenvalue weighted by atomic mass is 16.5. The molecule has 0 radical (unpaired) electrons. The van der Waals surface area contributed by atoms with Crippen molar-refractivity contribution < 1.29 is 19.4 Å². The van der Waals surface area contributed by atoms with Gasteiger partial charge in [0.1, 0.15) is 17.1 Å². The van der Waals surface area contributed by atoms with Gasteiger partial charge in [0.2, 0.25) is 0 Å². The standard InChI is InChI=1S/C17H18O4/c1-20-15-5-3-4-13(16(15)17(19)21-2)9-6-12-7-10-14(18)11-8-12/h3-5,7-8,10-11,18H,6,9H2,1-2H3. The Morgan fingerprint density at radius 1 is 1.05 bits per heavy atom. The van der Waals surface area contributed by atoms with E-state index in [4.69, 9.17) is 9.47 Å². The molecule has 0 aliphatic carbocycles. The van der Waals surface area contributed by atoms with Crippen molar-refractivity contribution >= 4 is 5.97 Å². The van der Waals surface area contributed by atoms with Crippen molar-refractivity contribution in [3.63, 3.8) is 0 Å². The van der Waals surface area contributed by atoms with Crippen LogP contribution in [0, 0.1) is 0 Å². The number of hydrogen-bond donors (Lipinski definition) is 1. The van der Waals surface area contributed by atoms with Crippen LogP contribution >= 0.6 is 0 Å². The summed E-state index contributed by atoms with van der Waals surface area (Å²) in [7, 11) is 2.89. The van der Waals surface area contributed by atoms with Gasteiger partial charge in [-0.1, -0.05) is 24.3 Å². The van der Waals surface area contributed by atoms with Crippen LogP contribution in [0.4, 0.5) is 0 Å². The van der Waals surface area contributed by atoms with Crippen molar-refractivity contribution in [1.82, 2.24) is 0 Å². The Bertz CT molecular complexity index is 617. The van der Waals surface area contributed by atoms with Gasteiger partial charge in [0, 0.05) is 0 Å². The van der Waals surface area contributed by atoms with E-state index in [0.717, 1.165) is 17.5 Å². The molecule has 0 atom stereocenters. The van der Waals surface area contributed by atoms with Gasteiger partial charge >= 0.3 is 5.97 Å². The summed E-state index contributed by atoms with van der Waals surface area (Å²) in [5, 5.41) is 9.28. The number of benzene rings is 2. The smallest absolute Gasteiger partial charge is 0.341 e. The van der Waals surface area contributed by atoms with Crippen LogP contribution < -0.4 is 4.74 Å². The van der Waals surface area contributed by atoms with Gasteiger partial charge in [-0.05, 0) is 42.2 Å². The molecule has 0 aliphatic rings. The molecule has 2 rings (SSSR count). The third-order valence-corrected chi connectivity index (χ3v) is 3.34. The average molecular weight is 286 g/mol. The minimum Gasteiger partial charge on any atom is -0.508 e. The summed E-state index contributed by atoms with van der Waals surface area (Å²) in [5.41, 5.74) is 2.45. The molecule has 1 N–H and O–H groups in total. The van der Waals surface area contributed by atoms with Crippen LogP contribution in [0.3, 0.4) is 0 Å². The Kier molecular flexibility index (Phi) is 4.82. The van der Waals surface area contributed by atoms with E-state index in [2.05, 4.69) is 0 Å². The van der Waals surface area contributed by atoms with Crippen LogP contribution in [0.1, 0.15) is 21.5 Å². The van der Waals surface area contributed by atoms with E-state index >= 15 is 0 Å². The Labute approximate surface area is 123 Å². The SMILES string of the molecule is COC(=O)c1c(CCc2ccc(O)cc2)cccc1OC. The highest BCUT2D eigenvalue weighted by molar-refractivity contribution is 5.94. The van der Waals surface area contributed by atoms with Crippen LogP contribution in [-0.2, 0) is 17.6 Å². The molecule has 4 nitrogen and oxygen atoms in total. The Balaban J connectivity index is 2.23. The number of aryl methyl sites for hydroxylation is 2. The molecule has 4 heteroatoms. The number of rotatable bonds is 5. The predicted octanol–water partition coefficient (Wildman–Crippen LogP) is 2.97. The zero-order chi connectivity index (χ0) is 15.2. The van der Waals surface area contributed by atoms with Gasteiger partial charge in [0.25, 0.3) is 0 Å². The van der Waals surface area contributed by atoms with Gasteiger partial charge in [-0.2, -0.15) is 0 Å². The maximum atomic E-state index is 11.9. The number of carbonyl (C=O) groups is 1. The van der Waals surface area contributed by atoms with Crippen molar-refractivity contribution in [3.05, 3.63) is 59.2 Å². The number of carbonyl (C=O) groups excluding carboxylic acids is 1. The lowest BCUT2D eigenvalue weighted by Gasteiger charge is -2.12. The average Bonchev–Trinajstić information content (AvgIpc) is 2.53. The van der Waals surface area contributed by atoms with Gasteiger partial charge in [-0.3, -0.25) is 0 Å². The van der Waals surface area contributed by atoms with Gasteiger partial charge in [0.05, 0.1) is 14.2 Å². The lowest BCUT2D eigenvalue weighted by atomic mass is 9.99. The van der Waals surface area contributed by atoms with Crippen LogP contribution in [0.2, 0.25) is 0 Å². The quantitative estimate of drug-likeness (QED) is 0.859. The van der Waals surface area contributed by atoms with E-state index in [0.29, 0.717) is 17.7 Å². The second-order valence-electron chi connectivity index (χ2n) is 4.65. The number of esters is 1. The van der Waals surface area contributed by atoms with E-state index in [9.17, 15) is 9.90 Å². The first-order chi connectivity index (χ1) is 10.2. The molecule has 2 aromatic rings. The van der Waals surface area contributed by atoms with Crippen LogP contribution in [0.15, 0.2) is 42.5 Å². The van der Waals surface area contributed by atoms with Crippen molar-refractivity contribution in [2.75, 3.05) is 14.2 Å². The molecule has 0 spiro atoms. The summed E-state index contributed by atoms with van der Waals surface area (Å²) >= 11 is 0. The Morgan fingerprint density at radius 3 is 2.38 bits per heavy atom. The van der Waals surface area contributed by atoms with E-state index in [1.807, 2.05) is 24.3 Å². The molecule has 0 heterocycles. The molecule has 0 fully saturated rings. The van der Waals surface area contributed by atoms with Gasteiger partial charge in [-0.15, -0.1) is 0 Å². The molecule has 0 amide bonds. The van der Waals surface area contributed by atoms with Crippen LogP contribution in [0.25, 0.3) is 0 Å². The Hall–Kier alpha value is -2.49. The zero-order valence-corrected chi connectivity index (χ0v) is 12.1. The van der Waals surface area contributed by atoms with Crippen molar-refractivity contribution in [3.8, 4) is 11.5 Å². The maximum Gasteiger partial charge on any atom is 0.341 e. The molecule has 2 aromatic carbocycles. The molecule has 21 heavy (non-hydrogen) atoms. The summed E-state index contributed by atoms with van der Waals surface area (Å²) in [4.78, 5) is 11.9. The lowest BCUT2D eigenvalue weighted by molar-refractivity contribution is 0.0595. The molecular weight excluding hydrogens is 268 g/mol. The number of ether oxygens (including phenoxy) is 2. The monoisotopic (exact) mass is 286 g/mol. The summed E-state index contributed by atoms with van der Waals surface area (Å²) in [6.07, 6.45) is 1.45. The molecule has 0 saturated carbocycles. The maximum absolute atomic E-state index is 11.9. The third-order valence-electron chi connectivity index (χ3n) is 3.34. The molecule has 0 aromatic heterocycles. The normalized spacial score (nSPS) is 10.2. The number of methoxy groups -OCH3 is 2. The molecule has 0 bridgehead atoms. The van der Waals surface area contributed by atoms with Crippen molar-refractivity contribution in [2.45, 2.75) is 12.8 Å². The summed E-state index contributed by atoms with van der Waals surface area (Å²) < 4.78 is 10.1.